The summed E-state index contributed by atoms with van der Waals surface area (Å²) in [5.41, 5.74) is 2.04. The number of carbonyl (C=O) groups excluding carboxylic acids is 3. The van der Waals surface area contributed by atoms with Crippen molar-refractivity contribution < 1.29 is 32.6 Å². The van der Waals surface area contributed by atoms with Gasteiger partial charge in [0, 0.05) is 12.2 Å². The summed E-state index contributed by atoms with van der Waals surface area (Å²) in [6, 6.07) is 13.5. The molecule has 0 saturated heterocycles. The first kappa shape index (κ1) is 23.7. The third kappa shape index (κ3) is 5.35. The number of hydrogen-bond donors (Lipinski definition) is 1. The largest absolute Gasteiger partial charge is 0.455 e. The number of amides is 2. The van der Waals surface area contributed by atoms with E-state index in [-0.39, 0.29) is 17.3 Å². The number of benzene rings is 2. The van der Waals surface area contributed by atoms with Gasteiger partial charge in [-0.15, -0.1) is 0 Å². The Labute approximate surface area is 196 Å². The fraction of sp³-hybridized carbons (Fsp3) is 0.400. The van der Waals surface area contributed by atoms with E-state index in [9.17, 15) is 23.2 Å². The van der Waals surface area contributed by atoms with E-state index in [0.29, 0.717) is 19.4 Å². The summed E-state index contributed by atoms with van der Waals surface area (Å²) in [6.45, 7) is -3.05. The quantitative estimate of drug-likeness (QED) is 0.612. The van der Waals surface area contributed by atoms with Crippen LogP contribution in [0.15, 0.2) is 48.5 Å². The van der Waals surface area contributed by atoms with Gasteiger partial charge in [0.25, 0.3) is 5.91 Å². The van der Waals surface area contributed by atoms with Gasteiger partial charge in [-0.1, -0.05) is 43.2 Å². The first-order chi connectivity index (χ1) is 16.4. The van der Waals surface area contributed by atoms with Crippen molar-refractivity contribution in [1.82, 2.24) is 0 Å². The standard InChI is InChI=1S/C25H26F2N2O5/c26-25(27)34-21-12-6-4-10-19(21)28-22(30)15-33-24(32)18-9-3-2-8-17(18)23(31)29-14-13-16-7-1-5-11-20(16)29/h1,4-7,10-12,17-18,25H,2-3,8-9,13-15H2,(H,28,30). The van der Waals surface area contributed by atoms with Gasteiger partial charge in [0.05, 0.1) is 17.5 Å². The molecule has 2 aromatic rings. The second-order valence-electron chi connectivity index (χ2n) is 8.40. The molecule has 1 N–H and O–H groups in total. The molecule has 1 aliphatic carbocycles. The molecule has 2 aromatic carbocycles. The topological polar surface area (TPSA) is 84.9 Å². The number of esters is 1. The molecule has 1 aliphatic heterocycles. The van der Waals surface area contributed by atoms with Crippen molar-refractivity contribution in [2.45, 2.75) is 38.7 Å². The zero-order chi connectivity index (χ0) is 24.1. The number of nitrogens with zero attached hydrogens (tertiary/aromatic N) is 1. The highest BCUT2D eigenvalue weighted by Gasteiger charge is 2.40. The van der Waals surface area contributed by atoms with Gasteiger partial charge in [-0.2, -0.15) is 8.78 Å². The Morgan fingerprint density at radius 2 is 1.71 bits per heavy atom. The van der Waals surface area contributed by atoms with Crippen molar-refractivity contribution in [1.29, 1.82) is 0 Å². The van der Waals surface area contributed by atoms with Crippen LogP contribution < -0.4 is 15.0 Å². The van der Waals surface area contributed by atoms with Gasteiger partial charge >= 0.3 is 12.6 Å². The van der Waals surface area contributed by atoms with Gasteiger partial charge in [-0.05, 0) is 43.0 Å². The summed E-state index contributed by atoms with van der Waals surface area (Å²) >= 11 is 0. The number of nitrogens with one attached hydrogen (secondary N) is 1. The maximum Gasteiger partial charge on any atom is 0.387 e. The minimum Gasteiger partial charge on any atom is -0.455 e. The molecule has 0 aromatic heterocycles. The summed E-state index contributed by atoms with van der Waals surface area (Å²) in [5.74, 6) is -2.70. The van der Waals surface area contributed by atoms with Crippen LogP contribution in [0.5, 0.6) is 5.75 Å². The summed E-state index contributed by atoms with van der Waals surface area (Å²) in [4.78, 5) is 40.2. The maximum absolute atomic E-state index is 13.3. The number of hydrogen-bond acceptors (Lipinski definition) is 5. The van der Waals surface area contributed by atoms with Crippen molar-refractivity contribution in [3.05, 3.63) is 54.1 Å². The van der Waals surface area contributed by atoms with Crippen LogP contribution in [0.2, 0.25) is 0 Å². The molecule has 180 valence electrons. The van der Waals surface area contributed by atoms with Crippen molar-refractivity contribution in [2.24, 2.45) is 11.8 Å². The predicted octanol–water partition coefficient (Wildman–Crippen LogP) is 4.17. The molecular formula is C25H26F2N2O5. The second kappa shape index (κ2) is 10.6. The molecule has 0 spiro atoms. The molecule has 2 unspecified atom stereocenters. The normalized spacial score (nSPS) is 19.4. The highest BCUT2D eigenvalue weighted by atomic mass is 19.3. The summed E-state index contributed by atoms with van der Waals surface area (Å²) < 4.78 is 34.7. The number of halogens is 2. The molecule has 4 rings (SSSR count). The smallest absolute Gasteiger partial charge is 0.387 e. The Morgan fingerprint density at radius 3 is 2.50 bits per heavy atom. The van der Waals surface area contributed by atoms with E-state index in [4.69, 9.17) is 4.74 Å². The Bertz CT molecular complexity index is 1060. The average Bonchev–Trinajstić information content (AvgIpc) is 3.27. The number of ether oxygens (including phenoxy) is 2. The van der Waals surface area contributed by atoms with Gasteiger partial charge in [0.1, 0.15) is 5.75 Å². The van der Waals surface area contributed by atoms with Crippen LogP contribution in [0.4, 0.5) is 20.2 Å². The molecule has 1 heterocycles. The van der Waals surface area contributed by atoms with E-state index < -0.39 is 36.9 Å². The molecular weight excluding hydrogens is 446 g/mol. The van der Waals surface area contributed by atoms with Gasteiger partial charge in [0.15, 0.2) is 6.61 Å². The summed E-state index contributed by atoms with van der Waals surface area (Å²) in [7, 11) is 0. The molecule has 9 heteroatoms. The molecule has 7 nitrogen and oxygen atoms in total. The molecule has 1 saturated carbocycles. The molecule has 2 amide bonds. The van der Waals surface area contributed by atoms with Crippen molar-refractivity contribution in [3.63, 3.8) is 0 Å². The van der Waals surface area contributed by atoms with Crippen LogP contribution in [-0.4, -0.2) is 37.5 Å². The Hall–Kier alpha value is -3.49. The molecule has 2 atom stereocenters. The van der Waals surface area contributed by atoms with Crippen LogP contribution in [0.25, 0.3) is 0 Å². The molecule has 1 fully saturated rings. The van der Waals surface area contributed by atoms with Crippen LogP contribution >= 0.6 is 0 Å². The van der Waals surface area contributed by atoms with Crippen LogP contribution in [0.1, 0.15) is 31.2 Å². The predicted molar refractivity (Wildman–Crippen MR) is 121 cm³/mol. The second-order valence-corrected chi connectivity index (χ2v) is 8.40. The zero-order valence-corrected chi connectivity index (χ0v) is 18.5. The number of para-hydroxylation sites is 3. The number of fused-ring (bicyclic) bond motifs is 1. The highest BCUT2D eigenvalue weighted by molar-refractivity contribution is 5.99. The maximum atomic E-state index is 13.3. The lowest BCUT2D eigenvalue weighted by Gasteiger charge is -2.32. The minimum atomic E-state index is -3.04. The van der Waals surface area contributed by atoms with Crippen LogP contribution in [0.3, 0.4) is 0 Å². The fourth-order valence-corrected chi connectivity index (χ4v) is 4.67. The van der Waals surface area contributed by atoms with E-state index in [1.165, 1.54) is 18.2 Å². The summed E-state index contributed by atoms with van der Waals surface area (Å²) in [6.07, 6.45) is 3.52. The molecule has 0 radical (unpaired) electrons. The van der Waals surface area contributed by atoms with Crippen molar-refractivity contribution in [3.8, 4) is 5.75 Å². The third-order valence-electron chi connectivity index (χ3n) is 6.26. The van der Waals surface area contributed by atoms with Crippen molar-refractivity contribution in [2.75, 3.05) is 23.4 Å². The van der Waals surface area contributed by atoms with E-state index >= 15 is 0 Å². The third-order valence-corrected chi connectivity index (χ3v) is 6.26. The number of rotatable bonds is 7. The van der Waals surface area contributed by atoms with E-state index in [0.717, 1.165) is 30.5 Å². The molecule has 34 heavy (non-hydrogen) atoms. The number of carbonyl (C=O) groups is 3. The lowest BCUT2D eigenvalue weighted by Crippen LogP contribution is -2.42. The number of anilines is 2. The van der Waals surface area contributed by atoms with Crippen molar-refractivity contribution >= 4 is 29.2 Å². The van der Waals surface area contributed by atoms with Crippen LogP contribution in [0, 0.1) is 11.8 Å². The monoisotopic (exact) mass is 472 g/mol. The molecule has 2 aliphatic rings. The lowest BCUT2D eigenvalue weighted by molar-refractivity contribution is -0.156. The Balaban J connectivity index is 1.36. The zero-order valence-electron chi connectivity index (χ0n) is 18.5. The molecule has 0 bridgehead atoms. The van der Waals surface area contributed by atoms with Gasteiger partial charge in [-0.25, -0.2) is 0 Å². The number of alkyl halides is 2. The SMILES string of the molecule is O=C(COC(=O)C1CCCCC1C(=O)N1CCc2ccccc21)Nc1ccccc1OC(F)F. The summed E-state index contributed by atoms with van der Waals surface area (Å²) in [5, 5.41) is 2.41. The van der Waals surface area contributed by atoms with E-state index in [1.54, 1.807) is 11.0 Å². The van der Waals surface area contributed by atoms with Gasteiger partial charge in [-0.3, -0.25) is 14.4 Å². The average molecular weight is 472 g/mol. The van der Waals surface area contributed by atoms with Crippen LogP contribution in [-0.2, 0) is 25.5 Å². The minimum absolute atomic E-state index is 0.0438. The fourth-order valence-electron chi connectivity index (χ4n) is 4.67. The van der Waals surface area contributed by atoms with E-state index in [2.05, 4.69) is 10.1 Å². The Morgan fingerprint density at radius 1 is 1.00 bits per heavy atom. The van der Waals surface area contributed by atoms with Gasteiger partial charge < -0.3 is 19.7 Å². The van der Waals surface area contributed by atoms with E-state index in [1.807, 2.05) is 24.3 Å². The Kier molecular flexibility index (Phi) is 7.40. The van der Waals surface area contributed by atoms with Gasteiger partial charge in [0.2, 0.25) is 5.91 Å². The highest BCUT2D eigenvalue weighted by Crippen LogP contribution is 2.36. The lowest BCUT2D eigenvalue weighted by atomic mass is 9.78. The first-order valence-corrected chi connectivity index (χ1v) is 11.3. The first-order valence-electron chi connectivity index (χ1n) is 11.3.